The lowest BCUT2D eigenvalue weighted by Crippen LogP contribution is -2.57. The van der Waals surface area contributed by atoms with E-state index < -0.39 is 6.04 Å². The Kier molecular flexibility index (Phi) is 7.66. The van der Waals surface area contributed by atoms with Gasteiger partial charge in [0.2, 0.25) is 5.91 Å². The van der Waals surface area contributed by atoms with Gasteiger partial charge in [0.1, 0.15) is 12.6 Å². The first-order valence-corrected chi connectivity index (χ1v) is 9.04. The molecule has 0 radical (unpaired) electrons. The van der Waals surface area contributed by atoms with Crippen LogP contribution in [0.15, 0.2) is 24.3 Å². The quantitative estimate of drug-likeness (QED) is 0.683. The molecule has 1 atom stereocenters. The number of amides is 2. The molecule has 0 spiro atoms. The van der Waals surface area contributed by atoms with Crippen LogP contribution in [0.5, 0.6) is 0 Å². The van der Waals surface area contributed by atoms with Crippen LogP contribution in [0.1, 0.15) is 34.6 Å². The van der Waals surface area contributed by atoms with Crippen molar-refractivity contribution in [2.24, 2.45) is 5.92 Å². The number of rotatable bonds is 6. The van der Waals surface area contributed by atoms with E-state index in [0.717, 1.165) is 9.26 Å². The Morgan fingerprint density at radius 1 is 1.25 bits per heavy atom. The summed E-state index contributed by atoms with van der Waals surface area (Å²) in [6.45, 7) is 9.59. The number of anilines is 1. The summed E-state index contributed by atoms with van der Waals surface area (Å²) < 4.78 is 5.94. The number of nitrogens with zero attached hydrogens (tertiary/aromatic N) is 1. The molecule has 2 amide bonds. The maximum absolute atomic E-state index is 12.9. The van der Waals surface area contributed by atoms with Gasteiger partial charge in [-0.25, -0.2) is 0 Å². The Morgan fingerprint density at radius 3 is 2.29 bits per heavy atom. The van der Waals surface area contributed by atoms with Gasteiger partial charge in [0.15, 0.2) is 0 Å². The highest BCUT2D eigenvalue weighted by Gasteiger charge is 2.35. The maximum atomic E-state index is 12.9. The van der Waals surface area contributed by atoms with E-state index in [2.05, 4.69) is 27.9 Å². The summed E-state index contributed by atoms with van der Waals surface area (Å²) in [6.07, 6.45) is 0. The number of benzene rings is 1. The third-order valence-electron chi connectivity index (χ3n) is 3.32. The number of nitrogens with one attached hydrogen (secondary N) is 1. The molecule has 5 nitrogen and oxygen atoms in total. The van der Waals surface area contributed by atoms with E-state index in [1.165, 1.54) is 7.11 Å². The highest BCUT2D eigenvalue weighted by Crippen LogP contribution is 2.27. The van der Waals surface area contributed by atoms with E-state index in [9.17, 15) is 9.59 Å². The van der Waals surface area contributed by atoms with Gasteiger partial charge < -0.3 is 10.1 Å². The third-order valence-corrected chi connectivity index (χ3v) is 4.24. The minimum absolute atomic E-state index is 0.0517. The van der Waals surface area contributed by atoms with Crippen molar-refractivity contribution >= 4 is 40.1 Å². The molecule has 1 rings (SSSR count). The van der Waals surface area contributed by atoms with Crippen LogP contribution in [0, 0.1) is 9.49 Å². The SMILES string of the molecule is COCC(=O)N(c1ccccc1I)C(C(=O)NC(C)(C)C)C(C)C. The first-order chi connectivity index (χ1) is 11.1. The monoisotopic (exact) mass is 446 g/mol. The van der Waals surface area contributed by atoms with Crippen molar-refractivity contribution < 1.29 is 14.3 Å². The number of hydrogen-bond acceptors (Lipinski definition) is 3. The molecule has 0 saturated heterocycles. The van der Waals surface area contributed by atoms with Crippen molar-refractivity contribution in [1.29, 1.82) is 0 Å². The summed E-state index contributed by atoms with van der Waals surface area (Å²) in [7, 11) is 1.48. The minimum Gasteiger partial charge on any atom is -0.375 e. The lowest BCUT2D eigenvalue weighted by Gasteiger charge is -2.36. The zero-order valence-electron chi connectivity index (χ0n) is 15.2. The van der Waals surface area contributed by atoms with E-state index in [1.807, 2.05) is 58.9 Å². The predicted octanol–water partition coefficient (Wildman–Crippen LogP) is 3.21. The molecule has 0 saturated carbocycles. The molecule has 0 aromatic heterocycles. The highest BCUT2D eigenvalue weighted by atomic mass is 127. The number of methoxy groups -OCH3 is 1. The van der Waals surface area contributed by atoms with Gasteiger partial charge in [0.25, 0.3) is 5.91 Å². The summed E-state index contributed by atoms with van der Waals surface area (Å²) in [5.41, 5.74) is 0.354. The zero-order valence-corrected chi connectivity index (χ0v) is 17.4. The lowest BCUT2D eigenvalue weighted by atomic mass is 9.98. The van der Waals surface area contributed by atoms with Gasteiger partial charge in [-0.05, 0) is 61.4 Å². The molecule has 24 heavy (non-hydrogen) atoms. The number of para-hydroxylation sites is 1. The molecule has 0 bridgehead atoms. The maximum Gasteiger partial charge on any atom is 0.253 e. The standard InChI is InChI=1S/C18H27IN2O3/c1-12(2)16(17(23)20-18(3,4)5)21(15(22)11-24-6)14-10-8-7-9-13(14)19/h7-10,12,16H,11H2,1-6H3,(H,20,23). The molecule has 1 N–H and O–H groups in total. The van der Waals surface area contributed by atoms with E-state index in [-0.39, 0.29) is 29.9 Å². The minimum atomic E-state index is -0.609. The fraction of sp³-hybridized carbons (Fsp3) is 0.556. The number of hydrogen-bond donors (Lipinski definition) is 1. The Labute approximate surface area is 158 Å². The molecule has 1 aromatic carbocycles. The summed E-state index contributed by atoms with van der Waals surface area (Å²) in [5, 5.41) is 2.99. The summed E-state index contributed by atoms with van der Waals surface area (Å²) >= 11 is 2.18. The average Bonchev–Trinajstić information content (AvgIpc) is 2.43. The second-order valence-electron chi connectivity index (χ2n) is 7.08. The topological polar surface area (TPSA) is 58.6 Å². The fourth-order valence-electron chi connectivity index (χ4n) is 2.44. The van der Waals surface area contributed by atoms with Crippen molar-refractivity contribution in [3.8, 4) is 0 Å². The molecule has 1 unspecified atom stereocenters. The first kappa shape index (κ1) is 20.9. The molecule has 0 aliphatic rings. The fourth-order valence-corrected chi connectivity index (χ4v) is 3.09. The molecular formula is C18H27IN2O3. The van der Waals surface area contributed by atoms with E-state index >= 15 is 0 Å². The number of carbonyl (C=O) groups is 2. The molecule has 0 heterocycles. The molecule has 134 valence electrons. The lowest BCUT2D eigenvalue weighted by molar-refractivity contribution is -0.129. The van der Waals surface area contributed by atoms with Crippen LogP contribution in [-0.2, 0) is 14.3 Å². The largest absolute Gasteiger partial charge is 0.375 e. The van der Waals surface area contributed by atoms with Crippen LogP contribution in [-0.4, -0.2) is 37.1 Å². The van der Waals surface area contributed by atoms with Crippen LogP contribution >= 0.6 is 22.6 Å². The Balaban J connectivity index is 3.35. The highest BCUT2D eigenvalue weighted by molar-refractivity contribution is 14.1. The van der Waals surface area contributed by atoms with Crippen molar-refractivity contribution in [3.05, 3.63) is 27.8 Å². The Hall–Kier alpha value is -1.15. The van der Waals surface area contributed by atoms with Crippen LogP contribution < -0.4 is 10.2 Å². The average molecular weight is 446 g/mol. The van der Waals surface area contributed by atoms with Gasteiger partial charge in [0.05, 0.1) is 5.69 Å². The van der Waals surface area contributed by atoms with Crippen molar-refractivity contribution in [2.45, 2.75) is 46.2 Å². The van der Waals surface area contributed by atoms with Gasteiger partial charge in [-0.15, -0.1) is 0 Å². The number of carbonyl (C=O) groups excluding carboxylic acids is 2. The van der Waals surface area contributed by atoms with Crippen LogP contribution in [0.25, 0.3) is 0 Å². The van der Waals surface area contributed by atoms with E-state index in [0.29, 0.717) is 0 Å². The molecule has 0 aliphatic carbocycles. The van der Waals surface area contributed by atoms with Gasteiger partial charge in [0, 0.05) is 16.2 Å². The normalized spacial score (nSPS) is 12.8. The summed E-state index contributed by atoms with van der Waals surface area (Å²) in [4.78, 5) is 27.2. The first-order valence-electron chi connectivity index (χ1n) is 7.96. The summed E-state index contributed by atoms with van der Waals surface area (Å²) in [6, 6.07) is 6.94. The van der Waals surface area contributed by atoms with Crippen LogP contribution in [0.4, 0.5) is 5.69 Å². The van der Waals surface area contributed by atoms with Crippen LogP contribution in [0.3, 0.4) is 0 Å². The Bertz CT molecular complexity index is 582. The Morgan fingerprint density at radius 2 is 1.83 bits per heavy atom. The summed E-state index contributed by atoms with van der Waals surface area (Å²) in [5.74, 6) is -0.449. The molecule has 6 heteroatoms. The second kappa shape index (κ2) is 8.80. The number of halogens is 1. The van der Waals surface area contributed by atoms with Crippen molar-refractivity contribution in [1.82, 2.24) is 5.32 Å². The molecule has 1 aromatic rings. The van der Waals surface area contributed by atoms with Crippen molar-refractivity contribution in [3.63, 3.8) is 0 Å². The zero-order chi connectivity index (χ0) is 18.5. The van der Waals surface area contributed by atoms with Gasteiger partial charge in [-0.1, -0.05) is 26.0 Å². The van der Waals surface area contributed by atoms with Crippen molar-refractivity contribution in [2.75, 3.05) is 18.6 Å². The second-order valence-corrected chi connectivity index (χ2v) is 8.24. The van der Waals surface area contributed by atoms with Gasteiger partial charge in [-0.2, -0.15) is 0 Å². The van der Waals surface area contributed by atoms with E-state index in [4.69, 9.17) is 4.74 Å². The molecule has 0 aliphatic heterocycles. The van der Waals surface area contributed by atoms with Gasteiger partial charge in [-0.3, -0.25) is 14.5 Å². The predicted molar refractivity (Wildman–Crippen MR) is 105 cm³/mol. The van der Waals surface area contributed by atoms with Crippen LogP contribution in [0.2, 0.25) is 0 Å². The smallest absolute Gasteiger partial charge is 0.253 e. The molecular weight excluding hydrogens is 419 g/mol. The number of ether oxygens (including phenoxy) is 1. The molecule has 0 fully saturated rings. The third kappa shape index (κ3) is 5.73. The van der Waals surface area contributed by atoms with E-state index in [1.54, 1.807) is 4.90 Å². The van der Waals surface area contributed by atoms with Gasteiger partial charge >= 0.3 is 0 Å².